The third kappa shape index (κ3) is 12.5. The number of halogens is 3. The molecule has 0 bridgehead atoms. The number of amides is 1. The number of carboxylic acid groups (broad SMARTS) is 1. The van der Waals surface area contributed by atoms with Gasteiger partial charge in [-0.25, -0.2) is 9.59 Å². The smallest absolute Gasteiger partial charge is 0.422 e. The zero-order valence-electron chi connectivity index (χ0n) is 20.6. The van der Waals surface area contributed by atoms with Gasteiger partial charge in [-0.15, -0.1) is 0 Å². The molecule has 11 heteroatoms. The second kappa shape index (κ2) is 15.7. The number of nitrogens with zero attached hydrogens (tertiary/aromatic N) is 1. The van der Waals surface area contributed by atoms with Crippen LogP contribution in [-0.2, 0) is 32.0 Å². The van der Waals surface area contributed by atoms with Gasteiger partial charge < -0.3 is 29.0 Å². The topological polar surface area (TPSA) is 94.5 Å². The summed E-state index contributed by atoms with van der Waals surface area (Å²) in [4.78, 5) is 24.6. The molecule has 0 aliphatic heterocycles. The van der Waals surface area contributed by atoms with E-state index in [9.17, 15) is 27.9 Å². The molecule has 204 valence electrons. The second-order valence-corrected chi connectivity index (χ2v) is 8.03. The van der Waals surface area contributed by atoms with Crippen LogP contribution in [0, 0.1) is 0 Å². The molecule has 0 aliphatic carbocycles. The molecule has 1 atom stereocenters. The van der Waals surface area contributed by atoms with Gasteiger partial charge in [0.2, 0.25) is 0 Å². The molecule has 1 unspecified atom stereocenters. The summed E-state index contributed by atoms with van der Waals surface area (Å²) in [6.45, 7) is 1.16. The average molecular weight is 528 g/mol. The molecular formula is C26H32F3NO7. The standard InChI is InChI=1S/C26H32F3NO7/c1-2-35-23(24(31)32)17-20-9-11-22(12-10-20)36-16-14-30(25(33)37-19-26(27,28)29)13-6-15-34-18-21-7-4-3-5-8-21/h3-5,7-12,23H,2,6,13-19H2,1H3,(H,31,32). The van der Waals surface area contributed by atoms with Crippen LogP contribution in [0.2, 0.25) is 0 Å². The summed E-state index contributed by atoms with van der Waals surface area (Å²) in [7, 11) is 0. The van der Waals surface area contributed by atoms with E-state index in [4.69, 9.17) is 14.2 Å². The van der Waals surface area contributed by atoms with Gasteiger partial charge in [-0.3, -0.25) is 0 Å². The second-order valence-electron chi connectivity index (χ2n) is 8.03. The molecule has 0 fully saturated rings. The number of hydrogen-bond acceptors (Lipinski definition) is 6. The van der Waals surface area contributed by atoms with Crippen LogP contribution in [-0.4, -0.2) is 73.9 Å². The van der Waals surface area contributed by atoms with Crippen molar-refractivity contribution >= 4 is 12.1 Å². The van der Waals surface area contributed by atoms with Crippen molar-refractivity contribution in [2.75, 3.05) is 39.5 Å². The number of carbonyl (C=O) groups is 2. The van der Waals surface area contributed by atoms with Crippen molar-refractivity contribution in [3.8, 4) is 5.75 Å². The van der Waals surface area contributed by atoms with Crippen molar-refractivity contribution < 1.29 is 46.8 Å². The van der Waals surface area contributed by atoms with Gasteiger partial charge in [0.15, 0.2) is 12.7 Å². The highest BCUT2D eigenvalue weighted by Crippen LogP contribution is 2.16. The Morgan fingerprint density at radius 2 is 1.68 bits per heavy atom. The maximum absolute atomic E-state index is 12.5. The van der Waals surface area contributed by atoms with Gasteiger partial charge >= 0.3 is 18.2 Å². The van der Waals surface area contributed by atoms with Crippen molar-refractivity contribution in [1.29, 1.82) is 0 Å². The highest BCUT2D eigenvalue weighted by Gasteiger charge is 2.30. The number of carbonyl (C=O) groups excluding carboxylic acids is 1. The maximum atomic E-state index is 12.5. The molecule has 0 heterocycles. The molecule has 8 nitrogen and oxygen atoms in total. The molecule has 2 aromatic carbocycles. The SMILES string of the molecule is CCOC(Cc1ccc(OCCN(CCCOCc2ccccc2)C(=O)OCC(F)(F)F)cc1)C(=O)O. The number of rotatable bonds is 16. The van der Waals surface area contributed by atoms with Crippen LogP contribution in [0.1, 0.15) is 24.5 Å². The summed E-state index contributed by atoms with van der Waals surface area (Å²) >= 11 is 0. The molecule has 0 aliphatic rings. The largest absolute Gasteiger partial charge is 0.492 e. The monoisotopic (exact) mass is 527 g/mol. The van der Waals surface area contributed by atoms with Gasteiger partial charge in [0.25, 0.3) is 0 Å². The third-order valence-electron chi connectivity index (χ3n) is 5.06. The van der Waals surface area contributed by atoms with Crippen molar-refractivity contribution in [2.24, 2.45) is 0 Å². The summed E-state index contributed by atoms with van der Waals surface area (Å²) < 4.78 is 58.2. The summed E-state index contributed by atoms with van der Waals surface area (Å²) in [5.74, 6) is -0.591. The van der Waals surface area contributed by atoms with E-state index < -0.39 is 30.9 Å². The number of hydrogen-bond donors (Lipinski definition) is 1. The molecule has 1 amide bonds. The molecule has 1 N–H and O–H groups in total. The minimum atomic E-state index is -4.62. The number of aliphatic carboxylic acids is 1. The first-order chi connectivity index (χ1) is 17.7. The fraction of sp³-hybridized carbons (Fsp3) is 0.462. The van der Waals surface area contributed by atoms with Crippen molar-refractivity contribution in [3.63, 3.8) is 0 Å². The molecule has 2 aromatic rings. The lowest BCUT2D eigenvalue weighted by molar-refractivity contribution is -0.162. The molecule has 2 rings (SSSR count). The van der Waals surface area contributed by atoms with Crippen LogP contribution in [0.4, 0.5) is 18.0 Å². The van der Waals surface area contributed by atoms with Crippen molar-refractivity contribution in [1.82, 2.24) is 4.90 Å². The average Bonchev–Trinajstić information content (AvgIpc) is 2.86. The zero-order valence-corrected chi connectivity index (χ0v) is 20.6. The Labute approximate surface area is 213 Å². The molecule has 37 heavy (non-hydrogen) atoms. The molecular weight excluding hydrogens is 495 g/mol. The molecule has 0 aromatic heterocycles. The van der Waals surface area contributed by atoms with E-state index in [2.05, 4.69) is 4.74 Å². The maximum Gasteiger partial charge on any atom is 0.422 e. The minimum absolute atomic E-state index is 0.00254. The van der Waals surface area contributed by atoms with E-state index in [0.29, 0.717) is 25.4 Å². The van der Waals surface area contributed by atoms with Crippen LogP contribution >= 0.6 is 0 Å². The van der Waals surface area contributed by atoms with E-state index >= 15 is 0 Å². The number of benzene rings is 2. The van der Waals surface area contributed by atoms with Gasteiger partial charge in [0, 0.05) is 26.2 Å². The van der Waals surface area contributed by atoms with Gasteiger partial charge in [-0.2, -0.15) is 13.2 Å². The van der Waals surface area contributed by atoms with Crippen LogP contribution in [0.25, 0.3) is 0 Å². The fourth-order valence-corrected chi connectivity index (χ4v) is 3.28. The molecule has 0 saturated heterocycles. The van der Waals surface area contributed by atoms with E-state index in [1.54, 1.807) is 31.2 Å². The first-order valence-corrected chi connectivity index (χ1v) is 11.8. The van der Waals surface area contributed by atoms with Gasteiger partial charge in [0.1, 0.15) is 12.4 Å². The highest BCUT2D eigenvalue weighted by atomic mass is 19.4. The highest BCUT2D eigenvalue weighted by molar-refractivity contribution is 5.72. The lowest BCUT2D eigenvalue weighted by Crippen LogP contribution is -2.38. The predicted molar refractivity (Wildman–Crippen MR) is 128 cm³/mol. The van der Waals surface area contributed by atoms with Crippen LogP contribution < -0.4 is 4.74 Å². The first kappa shape index (κ1) is 29.9. The Hall–Kier alpha value is -3.31. The summed E-state index contributed by atoms with van der Waals surface area (Å²) in [5.41, 5.74) is 1.72. The van der Waals surface area contributed by atoms with Gasteiger partial charge in [-0.1, -0.05) is 42.5 Å². The van der Waals surface area contributed by atoms with Crippen molar-refractivity contribution in [3.05, 3.63) is 65.7 Å². The molecule has 0 spiro atoms. The van der Waals surface area contributed by atoms with E-state index in [1.165, 1.54) is 0 Å². The normalized spacial score (nSPS) is 12.1. The Morgan fingerprint density at radius 1 is 0.973 bits per heavy atom. The summed E-state index contributed by atoms with van der Waals surface area (Å²) in [6.07, 6.45) is -6.08. The first-order valence-electron chi connectivity index (χ1n) is 11.8. The van der Waals surface area contributed by atoms with E-state index in [1.807, 2.05) is 30.3 Å². The van der Waals surface area contributed by atoms with Gasteiger partial charge in [0.05, 0.1) is 13.2 Å². The number of carboxylic acids is 1. The van der Waals surface area contributed by atoms with Crippen LogP contribution in [0.5, 0.6) is 5.75 Å². The predicted octanol–water partition coefficient (Wildman–Crippen LogP) is 4.71. The minimum Gasteiger partial charge on any atom is -0.492 e. The third-order valence-corrected chi connectivity index (χ3v) is 5.06. The van der Waals surface area contributed by atoms with Crippen LogP contribution in [0.15, 0.2) is 54.6 Å². The fourth-order valence-electron chi connectivity index (χ4n) is 3.28. The lowest BCUT2D eigenvalue weighted by atomic mass is 10.1. The Bertz CT molecular complexity index is 939. The van der Waals surface area contributed by atoms with Crippen LogP contribution in [0.3, 0.4) is 0 Å². The summed E-state index contributed by atoms with van der Waals surface area (Å²) in [5, 5.41) is 9.20. The number of alkyl halides is 3. The summed E-state index contributed by atoms with van der Waals surface area (Å²) in [6, 6.07) is 16.2. The molecule has 0 saturated carbocycles. The number of ether oxygens (including phenoxy) is 4. The Balaban J connectivity index is 1.83. The Kier molecular flexibility index (Phi) is 12.7. The lowest BCUT2D eigenvalue weighted by Gasteiger charge is -2.22. The molecule has 0 radical (unpaired) electrons. The van der Waals surface area contributed by atoms with Crippen molar-refractivity contribution in [2.45, 2.75) is 38.7 Å². The van der Waals surface area contributed by atoms with E-state index in [-0.39, 0.29) is 32.7 Å². The van der Waals surface area contributed by atoms with Gasteiger partial charge in [-0.05, 0) is 36.6 Å². The zero-order chi connectivity index (χ0) is 27.1. The Morgan fingerprint density at radius 3 is 2.30 bits per heavy atom. The quantitative estimate of drug-likeness (QED) is 0.316. The van der Waals surface area contributed by atoms with E-state index in [0.717, 1.165) is 16.0 Å².